The molecule has 2 aliphatic rings. The van der Waals surface area contributed by atoms with Crippen LogP contribution in [0.2, 0.25) is 0 Å². The Kier molecular flexibility index (Phi) is 4.74. The Morgan fingerprint density at radius 3 is 2.79 bits per heavy atom. The third kappa shape index (κ3) is 3.53. The van der Waals surface area contributed by atoms with E-state index in [9.17, 15) is 9.59 Å². The summed E-state index contributed by atoms with van der Waals surface area (Å²) >= 11 is 0. The van der Waals surface area contributed by atoms with Crippen molar-refractivity contribution in [3.63, 3.8) is 0 Å². The summed E-state index contributed by atoms with van der Waals surface area (Å²) in [5.41, 5.74) is 3.47. The van der Waals surface area contributed by atoms with Crippen molar-refractivity contribution in [3.8, 4) is 0 Å². The maximum absolute atomic E-state index is 12.5. The van der Waals surface area contributed by atoms with E-state index in [0.717, 1.165) is 18.7 Å². The zero-order chi connectivity index (χ0) is 17.1. The summed E-state index contributed by atoms with van der Waals surface area (Å²) in [4.78, 5) is 26.2. The number of hydrogen-bond donors (Lipinski definition) is 3. The highest BCUT2D eigenvalue weighted by Crippen LogP contribution is 2.21. The summed E-state index contributed by atoms with van der Waals surface area (Å²) < 4.78 is 0. The van der Waals surface area contributed by atoms with Crippen LogP contribution in [0.15, 0.2) is 35.5 Å². The molecule has 1 aromatic carbocycles. The highest BCUT2D eigenvalue weighted by Gasteiger charge is 2.26. The van der Waals surface area contributed by atoms with Gasteiger partial charge in [0, 0.05) is 31.0 Å². The first kappa shape index (κ1) is 16.4. The highest BCUT2D eigenvalue weighted by molar-refractivity contribution is 5.98. The summed E-state index contributed by atoms with van der Waals surface area (Å²) in [6, 6.07) is 7.74. The van der Waals surface area contributed by atoms with Crippen LogP contribution in [-0.4, -0.2) is 31.1 Å². The zero-order valence-corrected chi connectivity index (χ0v) is 14.2. The lowest BCUT2D eigenvalue weighted by molar-refractivity contribution is -0.118. The van der Waals surface area contributed by atoms with E-state index < -0.39 is 0 Å². The van der Waals surface area contributed by atoms with Crippen LogP contribution < -0.4 is 20.9 Å². The van der Waals surface area contributed by atoms with E-state index in [0.29, 0.717) is 17.8 Å². The van der Waals surface area contributed by atoms with Crippen LogP contribution >= 0.6 is 0 Å². The lowest BCUT2D eigenvalue weighted by Gasteiger charge is -2.25. The van der Waals surface area contributed by atoms with Gasteiger partial charge in [-0.15, -0.1) is 0 Å². The Morgan fingerprint density at radius 1 is 1.33 bits per heavy atom. The molecule has 6 nitrogen and oxygen atoms in total. The van der Waals surface area contributed by atoms with Crippen molar-refractivity contribution in [2.24, 2.45) is 0 Å². The van der Waals surface area contributed by atoms with E-state index in [-0.39, 0.29) is 18.0 Å². The number of benzene rings is 1. The SMILES string of the molecule is CC1=C(C(=O)NCc2cccc(N3CCCC3)c2)[C@@H](C)NC(=O)N1. The molecule has 0 unspecified atom stereocenters. The van der Waals surface area contributed by atoms with E-state index in [1.807, 2.05) is 19.1 Å². The lowest BCUT2D eigenvalue weighted by atomic mass is 10.0. The Morgan fingerprint density at radius 2 is 2.08 bits per heavy atom. The number of nitrogens with zero attached hydrogens (tertiary/aromatic N) is 1. The van der Waals surface area contributed by atoms with Gasteiger partial charge in [-0.1, -0.05) is 12.1 Å². The topological polar surface area (TPSA) is 73.5 Å². The second kappa shape index (κ2) is 6.95. The van der Waals surface area contributed by atoms with Gasteiger partial charge in [0.1, 0.15) is 0 Å². The maximum atomic E-state index is 12.5. The van der Waals surface area contributed by atoms with Crippen LogP contribution in [0.25, 0.3) is 0 Å². The lowest BCUT2D eigenvalue weighted by Crippen LogP contribution is -2.50. The molecule has 0 bridgehead atoms. The van der Waals surface area contributed by atoms with Crippen molar-refractivity contribution in [1.82, 2.24) is 16.0 Å². The fourth-order valence-electron chi connectivity index (χ4n) is 3.35. The van der Waals surface area contributed by atoms with Gasteiger partial charge in [-0.25, -0.2) is 4.79 Å². The minimum absolute atomic E-state index is 0.154. The number of hydrogen-bond acceptors (Lipinski definition) is 3. The van der Waals surface area contributed by atoms with Crippen molar-refractivity contribution >= 4 is 17.6 Å². The van der Waals surface area contributed by atoms with Crippen LogP contribution in [0.3, 0.4) is 0 Å². The molecule has 3 amide bonds. The number of amides is 3. The molecular weight excluding hydrogens is 304 g/mol. The number of carbonyl (C=O) groups is 2. The molecule has 1 fully saturated rings. The number of rotatable bonds is 4. The van der Waals surface area contributed by atoms with Crippen LogP contribution in [-0.2, 0) is 11.3 Å². The molecule has 2 heterocycles. The molecule has 6 heteroatoms. The van der Waals surface area contributed by atoms with Crippen molar-refractivity contribution in [1.29, 1.82) is 0 Å². The Balaban J connectivity index is 1.65. The monoisotopic (exact) mass is 328 g/mol. The normalized spacial score (nSPS) is 20.7. The third-order valence-corrected chi connectivity index (χ3v) is 4.57. The van der Waals surface area contributed by atoms with Crippen LogP contribution in [0, 0.1) is 0 Å². The van der Waals surface area contributed by atoms with E-state index >= 15 is 0 Å². The predicted molar refractivity (Wildman–Crippen MR) is 93.6 cm³/mol. The minimum atomic E-state index is -0.297. The molecule has 1 atom stereocenters. The van der Waals surface area contributed by atoms with Gasteiger partial charge in [0.15, 0.2) is 0 Å². The summed E-state index contributed by atoms with van der Waals surface area (Å²) in [5.74, 6) is -0.154. The highest BCUT2D eigenvalue weighted by atomic mass is 16.2. The van der Waals surface area contributed by atoms with Crippen molar-refractivity contribution in [3.05, 3.63) is 41.1 Å². The van der Waals surface area contributed by atoms with Crippen molar-refractivity contribution in [2.45, 2.75) is 39.3 Å². The van der Waals surface area contributed by atoms with E-state index in [1.165, 1.54) is 18.5 Å². The van der Waals surface area contributed by atoms with Gasteiger partial charge < -0.3 is 20.9 Å². The van der Waals surface area contributed by atoms with Gasteiger partial charge >= 0.3 is 6.03 Å². The molecule has 1 saturated heterocycles. The van der Waals surface area contributed by atoms with Crippen LogP contribution in [0.5, 0.6) is 0 Å². The van der Waals surface area contributed by atoms with Gasteiger partial charge in [0.25, 0.3) is 5.91 Å². The summed E-state index contributed by atoms with van der Waals surface area (Å²) in [7, 11) is 0. The summed E-state index contributed by atoms with van der Waals surface area (Å²) in [5, 5.41) is 8.31. The second-order valence-corrected chi connectivity index (χ2v) is 6.41. The minimum Gasteiger partial charge on any atom is -0.372 e. The first-order valence-corrected chi connectivity index (χ1v) is 8.45. The largest absolute Gasteiger partial charge is 0.372 e. The van der Waals surface area contributed by atoms with E-state index in [1.54, 1.807) is 6.92 Å². The summed E-state index contributed by atoms with van der Waals surface area (Å²) in [6.07, 6.45) is 2.48. The quantitative estimate of drug-likeness (QED) is 0.790. The maximum Gasteiger partial charge on any atom is 0.319 e. The smallest absolute Gasteiger partial charge is 0.319 e. The number of nitrogens with one attached hydrogen (secondary N) is 3. The van der Waals surface area contributed by atoms with Crippen molar-refractivity contribution in [2.75, 3.05) is 18.0 Å². The fourth-order valence-corrected chi connectivity index (χ4v) is 3.35. The average Bonchev–Trinajstić information content (AvgIpc) is 3.07. The molecular formula is C18H24N4O2. The second-order valence-electron chi connectivity index (χ2n) is 6.41. The van der Waals surface area contributed by atoms with Gasteiger partial charge in [-0.2, -0.15) is 0 Å². The van der Waals surface area contributed by atoms with Gasteiger partial charge in [0.2, 0.25) is 0 Å². The molecule has 0 radical (unpaired) electrons. The Hall–Kier alpha value is -2.50. The van der Waals surface area contributed by atoms with E-state index in [2.05, 4.69) is 33.0 Å². The third-order valence-electron chi connectivity index (χ3n) is 4.57. The van der Waals surface area contributed by atoms with Crippen molar-refractivity contribution < 1.29 is 9.59 Å². The zero-order valence-electron chi connectivity index (χ0n) is 14.2. The predicted octanol–water partition coefficient (Wildman–Crippen LogP) is 1.88. The first-order valence-electron chi connectivity index (χ1n) is 8.45. The number of allylic oxidation sites excluding steroid dienone is 1. The molecule has 0 saturated carbocycles. The molecule has 0 spiro atoms. The Labute approximate surface area is 142 Å². The first-order chi connectivity index (χ1) is 11.5. The molecule has 0 aliphatic carbocycles. The molecule has 3 rings (SSSR count). The van der Waals surface area contributed by atoms with Gasteiger partial charge in [0.05, 0.1) is 11.6 Å². The Bertz CT molecular complexity index is 677. The van der Waals surface area contributed by atoms with Gasteiger partial charge in [-0.05, 0) is 44.4 Å². The van der Waals surface area contributed by atoms with Crippen LogP contribution in [0.4, 0.5) is 10.5 Å². The summed E-state index contributed by atoms with van der Waals surface area (Å²) in [6.45, 7) is 6.23. The number of carbonyl (C=O) groups excluding carboxylic acids is 2. The molecule has 2 aliphatic heterocycles. The molecule has 0 aromatic heterocycles. The molecule has 3 N–H and O–H groups in total. The number of urea groups is 1. The molecule has 1 aromatic rings. The van der Waals surface area contributed by atoms with Crippen LogP contribution in [0.1, 0.15) is 32.3 Å². The standard InChI is InChI=1S/C18H24N4O2/c1-12-16(13(2)21-18(24)20-12)17(23)19-11-14-6-5-7-15(10-14)22-8-3-4-9-22/h5-7,10,12H,3-4,8-9,11H2,1-2H3,(H,19,23)(H2,20,21,24)/t12-/m1/s1. The molecule has 128 valence electrons. The number of anilines is 1. The average molecular weight is 328 g/mol. The van der Waals surface area contributed by atoms with E-state index in [4.69, 9.17) is 0 Å². The molecule has 24 heavy (non-hydrogen) atoms. The van der Waals surface area contributed by atoms with Gasteiger partial charge in [-0.3, -0.25) is 4.79 Å². The fraction of sp³-hybridized carbons (Fsp3) is 0.444.